The van der Waals surface area contributed by atoms with Crippen molar-refractivity contribution in [3.63, 3.8) is 0 Å². The first kappa shape index (κ1) is 14.6. The fourth-order valence-electron chi connectivity index (χ4n) is 1.79. The highest BCUT2D eigenvalue weighted by atomic mass is 32.2. The largest absolute Gasteiger partial charge is 0.440 e. The van der Waals surface area contributed by atoms with Gasteiger partial charge in [-0.05, 0) is 39.0 Å². The molecular formula is C14H17NO4S. The molecule has 1 atom stereocenters. The summed E-state index contributed by atoms with van der Waals surface area (Å²) in [4.78, 5) is 0.0997. The van der Waals surface area contributed by atoms with Crippen LogP contribution in [0.2, 0.25) is 0 Å². The Labute approximate surface area is 119 Å². The van der Waals surface area contributed by atoms with E-state index in [0.717, 1.165) is 5.56 Å². The van der Waals surface area contributed by atoms with E-state index in [1.54, 1.807) is 32.1 Å². The van der Waals surface area contributed by atoms with Gasteiger partial charge in [0.1, 0.15) is 5.60 Å². The molecule has 1 saturated heterocycles. The van der Waals surface area contributed by atoms with E-state index in [4.69, 9.17) is 9.47 Å². The molecule has 0 saturated carbocycles. The Kier molecular flexibility index (Phi) is 3.60. The number of hydrogen-bond donors (Lipinski definition) is 0. The molecule has 20 heavy (non-hydrogen) atoms. The van der Waals surface area contributed by atoms with Gasteiger partial charge >= 0.3 is 6.08 Å². The number of aryl methyl sites for hydroxylation is 1. The Hall–Kier alpha value is -1.82. The summed E-state index contributed by atoms with van der Waals surface area (Å²) in [6.07, 6.45) is 0.871. The van der Waals surface area contributed by atoms with E-state index in [0.29, 0.717) is 0 Å². The van der Waals surface area contributed by atoms with Crippen LogP contribution in [0.4, 0.5) is 0 Å². The van der Waals surface area contributed by atoms with E-state index >= 15 is 0 Å². The van der Waals surface area contributed by atoms with Crippen molar-refractivity contribution in [3.8, 4) is 0 Å². The monoisotopic (exact) mass is 295 g/mol. The molecule has 1 unspecified atom stereocenters. The SMILES string of the molecule is C=CC1O/C(=N\S(=O)(=O)c2ccc(C)cc2)OC1(C)C. The maximum atomic E-state index is 12.1. The van der Waals surface area contributed by atoms with E-state index < -0.39 is 21.7 Å². The van der Waals surface area contributed by atoms with Gasteiger partial charge in [0.25, 0.3) is 10.0 Å². The van der Waals surface area contributed by atoms with Crippen molar-refractivity contribution in [1.29, 1.82) is 0 Å². The lowest BCUT2D eigenvalue weighted by molar-refractivity contribution is 0.0979. The highest BCUT2D eigenvalue weighted by molar-refractivity contribution is 7.90. The number of hydrogen-bond acceptors (Lipinski definition) is 4. The van der Waals surface area contributed by atoms with Gasteiger partial charge in [0.05, 0.1) is 4.90 Å². The van der Waals surface area contributed by atoms with Crippen LogP contribution in [-0.4, -0.2) is 26.2 Å². The van der Waals surface area contributed by atoms with Gasteiger partial charge in [-0.25, -0.2) is 0 Å². The summed E-state index contributed by atoms with van der Waals surface area (Å²) in [5.74, 6) is 0. The quantitative estimate of drug-likeness (QED) is 0.803. The van der Waals surface area contributed by atoms with Crippen molar-refractivity contribution in [2.24, 2.45) is 4.40 Å². The van der Waals surface area contributed by atoms with Crippen molar-refractivity contribution in [3.05, 3.63) is 42.5 Å². The lowest BCUT2D eigenvalue weighted by atomic mass is 10.0. The fraction of sp³-hybridized carbons (Fsp3) is 0.357. The van der Waals surface area contributed by atoms with Crippen molar-refractivity contribution in [2.45, 2.75) is 37.4 Å². The average Bonchev–Trinajstić information content (AvgIpc) is 2.63. The molecule has 6 heteroatoms. The third-order valence-electron chi connectivity index (χ3n) is 2.99. The standard InChI is InChI=1S/C14H17NO4S/c1-5-12-14(3,4)19-13(18-12)15-20(16,17)11-8-6-10(2)7-9-11/h5-9,12H,1H2,2-4H3/b15-13+. The second-order valence-corrected chi connectivity index (χ2v) is 6.73. The van der Waals surface area contributed by atoms with Crippen LogP contribution >= 0.6 is 0 Å². The smallest absolute Gasteiger partial charge is 0.401 e. The van der Waals surface area contributed by atoms with E-state index in [-0.39, 0.29) is 11.0 Å². The van der Waals surface area contributed by atoms with Crippen LogP contribution in [0.3, 0.4) is 0 Å². The van der Waals surface area contributed by atoms with Crippen LogP contribution in [0.15, 0.2) is 46.2 Å². The number of benzene rings is 1. The number of nitrogens with zero attached hydrogens (tertiary/aromatic N) is 1. The highest BCUT2D eigenvalue weighted by Gasteiger charge is 2.41. The Morgan fingerprint density at radius 2 is 1.90 bits per heavy atom. The lowest BCUT2D eigenvalue weighted by Gasteiger charge is -2.18. The maximum Gasteiger partial charge on any atom is 0.401 e. The molecule has 0 bridgehead atoms. The van der Waals surface area contributed by atoms with Crippen LogP contribution in [0.25, 0.3) is 0 Å². The first-order valence-electron chi connectivity index (χ1n) is 6.14. The molecule has 5 nitrogen and oxygen atoms in total. The van der Waals surface area contributed by atoms with Gasteiger partial charge in [-0.1, -0.05) is 28.7 Å². The fourth-order valence-corrected chi connectivity index (χ4v) is 2.65. The number of ether oxygens (including phenoxy) is 2. The molecule has 1 heterocycles. The summed E-state index contributed by atoms with van der Waals surface area (Å²) >= 11 is 0. The molecule has 0 aromatic heterocycles. The third kappa shape index (κ3) is 2.85. The summed E-state index contributed by atoms with van der Waals surface area (Å²) in [6, 6.07) is 6.42. The molecule has 1 aromatic carbocycles. The molecule has 0 spiro atoms. The normalized spacial score (nSPS) is 23.1. The summed E-state index contributed by atoms with van der Waals surface area (Å²) < 4.78 is 38.6. The molecule has 0 amide bonds. The second kappa shape index (κ2) is 4.94. The van der Waals surface area contributed by atoms with Crippen molar-refractivity contribution < 1.29 is 17.9 Å². The number of sulfonamides is 1. The molecule has 1 fully saturated rings. The molecule has 0 radical (unpaired) electrons. The van der Waals surface area contributed by atoms with Crippen LogP contribution in [0, 0.1) is 6.92 Å². The second-order valence-electron chi connectivity index (χ2n) is 5.12. The van der Waals surface area contributed by atoms with Gasteiger partial charge in [-0.15, -0.1) is 0 Å². The Balaban J connectivity index is 2.31. The Bertz CT molecular complexity index is 644. The first-order chi connectivity index (χ1) is 9.24. The molecule has 0 N–H and O–H groups in total. The van der Waals surface area contributed by atoms with Crippen LogP contribution in [0.5, 0.6) is 0 Å². The average molecular weight is 295 g/mol. The van der Waals surface area contributed by atoms with Crippen molar-refractivity contribution in [2.75, 3.05) is 0 Å². The Morgan fingerprint density at radius 3 is 2.40 bits per heavy atom. The molecule has 1 aromatic rings. The summed E-state index contributed by atoms with van der Waals surface area (Å²) in [7, 11) is -3.84. The van der Waals surface area contributed by atoms with Gasteiger partial charge < -0.3 is 9.47 Å². The Morgan fingerprint density at radius 1 is 1.30 bits per heavy atom. The third-order valence-corrected chi connectivity index (χ3v) is 4.25. The van der Waals surface area contributed by atoms with Crippen LogP contribution in [-0.2, 0) is 19.5 Å². The number of rotatable bonds is 3. The van der Waals surface area contributed by atoms with Gasteiger partial charge in [0.2, 0.25) is 0 Å². The highest BCUT2D eigenvalue weighted by Crippen LogP contribution is 2.28. The predicted molar refractivity (Wildman–Crippen MR) is 76.0 cm³/mol. The molecule has 1 aliphatic heterocycles. The zero-order chi connectivity index (χ0) is 15.0. The van der Waals surface area contributed by atoms with Crippen LogP contribution < -0.4 is 0 Å². The summed E-state index contributed by atoms with van der Waals surface area (Å²) in [5, 5.41) is 0. The van der Waals surface area contributed by atoms with E-state index in [2.05, 4.69) is 11.0 Å². The van der Waals surface area contributed by atoms with Gasteiger partial charge in [-0.3, -0.25) is 0 Å². The molecular weight excluding hydrogens is 278 g/mol. The minimum atomic E-state index is -3.84. The minimum absolute atomic E-state index is 0.0997. The first-order valence-corrected chi connectivity index (χ1v) is 7.58. The molecule has 2 rings (SSSR count). The molecule has 1 aliphatic rings. The minimum Gasteiger partial charge on any atom is -0.440 e. The topological polar surface area (TPSA) is 65.0 Å². The molecule has 108 valence electrons. The van der Waals surface area contributed by atoms with Gasteiger partial charge in [0, 0.05) is 0 Å². The summed E-state index contributed by atoms with van der Waals surface area (Å²) in [5.41, 5.74) is 0.279. The van der Waals surface area contributed by atoms with E-state index in [9.17, 15) is 8.42 Å². The summed E-state index contributed by atoms with van der Waals surface area (Å²) in [6.45, 7) is 9.06. The van der Waals surface area contributed by atoms with E-state index in [1.807, 2.05) is 6.92 Å². The van der Waals surface area contributed by atoms with Crippen molar-refractivity contribution in [1.82, 2.24) is 0 Å². The van der Waals surface area contributed by atoms with Gasteiger partial charge in [0.15, 0.2) is 6.10 Å². The van der Waals surface area contributed by atoms with Crippen LogP contribution in [0.1, 0.15) is 19.4 Å². The van der Waals surface area contributed by atoms with Crippen molar-refractivity contribution >= 4 is 16.1 Å². The lowest BCUT2D eigenvalue weighted by Crippen LogP contribution is -2.30. The van der Waals surface area contributed by atoms with Gasteiger partial charge in [-0.2, -0.15) is 8.42 Å². The maximum absolute atomic E-state index is 12.1. The molecule has 0 aliphatic carbocycles. The predicted octanol–water partition coefficient (Wildman–Crippen LogP) is 2.42. The van der Waals surface area contributed by atoms with E-state index in [1.165, 1.54) is 12.1 Å². The zero-order valence-electron chi connectivity index (χ0n) is 11.7. The zero-order valence-corrected chi connectivity index (χ0v) is 12.5.